The molecule has 0 bridgehead atoms. The molecule has 1 saturated carbocycles. The second-order valence-electron chi connectivity index (χ2n) is 5.26. The number of hydrogen-bond acceptors (Lipinski definition) is 2. The molecule has 0 radical (unpaired) electrons. The molecule has 2 fully saturated rings. The molecule has 1 aliphatic carbocycles. The maximum atomic E-state index is 4.15. The Kier molecular flexibility index (Phi) is 4.99. The average molecular weight is 232 g/mol. The van der Waals surface area contributed by atoms with Gasteiger partial charge in [0.2, 0.25) is 0 Å². The van der Waals surface area contributed by atoms with Gasteiger partial charge in [0, 0.05) is 12.2 Å². The van der Waals surface area contributed by atoms with Crippen LogP contribution in [0.4, 0.5) is 0 Å². The molecule has 0 spiro atoms. The van der Waals surface area contributed by atoms with Crippen molar-refractivity contribution >= 4 is 6.72 Å². The summed E-state index contributed by atoms with van der Waals surface area (Å²) in [6, 6.07) is 0. The Morgan fingerprint density at radius 1 is 1.41 bits per heavy atom. The van der Waals surface area contributed by atoms with Crippen LogP contribution >= 0.6 is 0 Å². The van der Waals surface area contributed by atoms with Crippen LogP contribution in [0.2, 0.25) is 0 Å². The first-order chi connectivity index (χ1) is 8.38. The van der Waals surface area contributed by atoms with Crippen molar-refractivity contribution in [2.24, 2.45) is 10.9 Å². The molecule has 1 heterocycles. The zero-order valence-corrected chi connectivity index (χ0v) is 10.8. The van der Waals surface area contributed by atoms with E-state index >= 15 is 0 Å². The molecule has 0 unspecified atom stereocenters. The molecule has 2 rings (SSSR count). The number of allylic oxidation sites excluding steroid dienone is 3. The van der Waals surface area contributed by atoms with E-state index in [4.69, 9.17) is 0 Å². The second-order valence-corrected chi connectivity index (χ2v) is 5.26. The monoisotopic (exact) mass is 232 g/mol. The Balaban J connectivity index is 1.80. The van der Waals surface area contributed by atoms with E-state index in [2.05, 4.69) is 29.2 Å². The van der Waals surface area contributed by atoms with Gasteiger partial charge >= 0.3 is 0 Å². The lowest BCUT2D eigenvalue weighted by atomic mass is 9.82. The van der Waals surface area contributed by atoms with Gasteiger partial charge in [0.25, 0.3) is 0 Å². The maximum Gasteiger partial charge on any atom is 0.0396 e. The molecule has 1 saturated heterocycles. The second kappa shape index (κ2) is 6.75. The Labute approximate surface area is 105 Å². The lowest BCUT2D eigenvalue weighted by molar-refractivity contribution is 0.296. The number of hydrogen-bond donors (Lipinski definition) is 1. The molecule has 2 nitrogen and oxygen atoms in total. The van der Waals surface area contributed by atoms with Crippen molar-refractivity contribution in [1.29, 1.82) is 0 Å². The topological polar surface area (TPSA) is 24.4 Å². The fourth-order valence-electron chi connectivity index (χ4n) is 2.48. The van der Waals surface area contributed by atoms with Gasteiger partial charge in [0.05, 0.1) is 0 Å². The van der Waals surface area contributed by atoms with Gasteiger partial charge in [0.1, 0.15) is 0 Å². The first kappa shape index (κ1) is 12.6. The highest BCUT2D eigenvalue weighted by Gasteiger charge is 2.16. The van der Waals surface area contributed by atoms with Crippen molar-refractivity contribution in [2.45, 2.75) is 44.9 Å². The molecule has 1 aliphatic heterocycles. The predicted octanol–water partition coefficient (Wildman–Crippen LogP) is 3.46. The van der Waals surface area contributed by atoms with E-state index in [0.717, 1.165) is 31.1 Å². The average Bonchev–Trinajstić information content (AvgIpc) is 2.32. The van der Waals surface area contributed by atoms with Crippen LogP contribution < -0.4 is 5.32 Å². The first-order valence-corrected chi connectivity index (χ1v) is 6.94. The quantitative estimate of drug-likeness (QED) is 0.721. The Bertz CT molecular complexity index is 303. The summed E-state index contributed by atoms with van der Waals surface area (Å²) in [4.78, 5) is 4.15. The molecule has 0 aromatic heterocycles. The normalized spacial score (nSPS) is 24.7. The van der Waals surface area contributed by atoms with Crippen molar-refractivity contribution in [3.63, 3.8) is 0 Å². The maximum absolute atomic E-state index is 4.15. The zero-order chi connectivity index (χ0) is 11.9. The number of nitrogens with one attached hydrogen (secondary N) is 1. The van der Waals surface area contributed by atoms with E-state index in [1.807, 2.05) is 0 Å². The summed E-state index contributed by atoms with van der Waals surface area (Å²) in [5.41, 5.74) is 2.66. The lowest BCUT2D eigenvalue weighted by Gasteiger charge is -2.25. The van der Waals surface area contributed by atoms with E-state index in [0.29, 0.717) is 0 Å². The first-order valence-electron chi connectivity index (χ1n) is 6.94. The van der Waals surface area contributed by atoms with Crippen molar-refractivity contribution in [3.8, 4) is 0 Å². The third kappa shape index (κ3) is 4.12. The summed E-state index contributed by atoms with van der Waals surface area (Å²) in [5.74, 6) is 0.962. The minimum Gasteiger partial charge on any atom is -0.313 e. The smallest absolute Gasteiger partial charge is 0.0396 e. The van der Waals surface area contributed by atoms with Gasteiger partial charge in [-0.15, -0.1) is 0 Å². The van der Waals surface area contributed by atoms with E-state index in [1.165, 1.54) is 44.1 Å². The largest absolute Gasteiger partial charge is 0.313 e. The fourth-order valence-corrected chi connectivity index (χ4v) is 2.48. The molecule has 1 N–H and O–H groups in total. The van der Waals surface area contributed by atoms with Crippen molar-refractivity contribution in [1.82, 2.24) is 5.32 Å². The fraction of sp³-hybridized carbons (Fsp3) is 0.667. The molecule has 0 atom stereocenters. The molecule has 17 heavy (non-hydrogen) atoms. The van der Waals surface area contributed by atoms with Crippen molar-refractivity contribution in [3.05, 3.63) is 23.4 Å². The molecule has 2 heteroatoms. The van der Waals surface area contributed by atoms with Crippen LogP contribution in [0.1, 0.15) is 44.9 Å². The van der Waals surface area contributed by atoms with Crippen LogP contribution in [0.15, 0.2) is 28.4 Å². The lowest BCUT2D eigenvalue weighted by Crippen LogP contribution is -2.23. The van der Waals surface area contributed by atoms with Crippen LogP contribution in [0, 0.1) is 5.92 Å². The van der Waals surface area contributed by atoms with Gasteiger partial charge < -0.3 is 5.32 Å². The Hall–Kier alpha value is -0.890. The number of rotatable bonds is 5. The molecule has 2 aliphatic rings. The zero-order valence-electron chi connectivity index (χ0n) is 10.8. The molecule has 0 aromatic carbocycles. The van der Waals surface area contributed by atoms with Gasteiger partial charge in [-0.1, -0.05) is 30.9 Å². The van der Waals surface area contributed by atoms with E-state index in [-0.39, 0.29) is 0 Å². The molecule has 0 amide bonds. The van der Waals surface area contributed by atoms with E-state index in [1.54, 1.807) is 0 Å². The van der Waals surface area contributed by atoms with Gasteiger partial charge in [-0.25, -0.2) is 0 Å². The minimum absolute atomic E-state index is 0.962. The van der Waals surface area contributed by atoms with Gasteiger partial charge in [-0.3, -0.25) is 4.99 Å². The summed E-state index contributed by atoms with van der Waals surface area (Å²) < 4.78 is 0. The van der Waals surface area contributed by atoms with Gasteiger partial charge in [-0.2, -0.15) is 0 Å². The van der Waals surface area contributed by atoms with Crippen molar-refractivity contribution < 1.29 is 0 Å². The van der Waals surface area contributed by atoms with Crippen LogP contribution in [0.5, 0.6) is 0 Å². The SMILES string of the molecule is C=N/C(=C\C=C1\CCCNC1)CCC1CCC1. The summed E-state index contributed by atoms with van der Waals surface area (Å²) in [6.07, 6.45) is 13.6. The number of aliphatic imine (C=N–C) groups is 1. The molecular formula is C15H24N2. The van der Waals surface area contributed by atoms with Gasteiger partial charge in [0.15, 0.2) is 0 Å². The van der Waals surface area contributed by atoms with E-state index < -0.39 is 0 Å². The van der Waals surface area contributed by atoms with Crippen molar-refractivity contribution in [2.75, 3.05) is 13.1 Å². The summed E-state index contributed by atoms with van der Waals surface area (Å²) in [7, 11) is 0. The minimum atomic E-state index is 0.962. The highest BCUT2D eigenvalue weighted by atomic mass is 14.9. The van der Waals surface area contributed by atoms with Crippen LogP contribution in [-0.4, -0.2) is 19.8 Å². The third-order valence-corrected chi connectivity index (χ3v) is 3.95. The molecule has 0 aromatic rings. The highest BCUT2D eigenvalue weighted by Crippen LogP contribution is 2.31. The summed E-state index contributed by atoms with van der Waals surface area (Å²) in [6.45, 7) is 5.89. The summed E-state index contributed by atoms with van der Waals surface area (Å²) in [5, 5.41) is 3.40. The molecule has 94 valence electrons. The Morgan fingerprint density at radius 3 is 2.88 bits per heavy atom. The summed E-state index contributed by atoms with van der Waals surface area (Å²) >= 11 is 0. The van der Waals surface area contributed by atoms with Gasteiger partial charge in [-0.05, 0) is 50.9 Å². The van der Waals surface area contributed by atoms with Crippen LogP contribution in [-0.2, 0) is 0 Å². The van der Waals surface area contributed by atoms with E-state index in [9.17, 15) is 0 Å². The third-order valence-electron chi connectivity index (χ3n) is 3.95. The number of nitrogens with zero attached hydrogens (tertiary/aromatic N) is 1. The van der Waals surface area contributed by atoms with Crippen LogP contribution in [0.3, 0.4) is 0 Å². The molecular weight excluding hydrogens is 208 g/mol. The van der Waals surface area contributed by atoms with Crippen LogP contribution in [0.25, 0.3) is 0 Å². The highest BCUT2D eigenvalue weighted by molar-refractivity contribution is 5.31. The standard InChI is InChI=1S/C15H24N2/c1-16-15(9-7-13-4-2-5-13)10-8-14-6-3-11-17-12-14/h8,10,13,17H,1-7,9,11-12H2/b14-8-,15-10-. The number of piperidine rings is 1. The predicted molar refractivity (Wildman–Crippen MR) is 74.4 cm³/mol. The Morgan fingerprint density at radius 2 is 2.29 bits per heavy atom.